The smallest absolute Gasteiger partial charge is 0.198 e. The van der Waals surface area contributed by atoms with Gasteiger partial charge in [0.25, 0.3) is 0 Å². The first-order valence-electron chi connectivity index (χ1n) is 12.5. The van der Waals surface area contributed by atoms with Gasteiger partial charge in [-0.25, -0.2) is 0 Å². The van der Waals surface area contributed by atoms with Crippen molar-refractivity contribution in [1.29, 1.82) is 0 Å². The summed E-state index contributed by atoms with van der Waals surface area (Å²) in [7, 11) is 0. The Morgan fingerprint density at radius 1 is 0.649 bits per heavy atom. The van der Waals surface area contributed by atoms with Crippen LogP contribution in [0.3, 0.4) is 0 Å². The van der Waals surface area contributed by atoms with E-state index >= 15 is 0 Å². The van der Waals surface area contributed by atoms with Crippen LogP contribution < -0.4 is 0 Å². The number of benzene rings is 5. The lowest BCUT2D eigenvalue weighted by atomic mass is 9.79. The summed E-state index contributed by atoms with van der Waals surface area (Å²) in [5.41, 5.74) is 4.46. The molecule has 180 valence electrons. The maximum absolute atomic E-state index is 13.6. The molecule has 1 aliphatic carbocycles. The van der Waals surface area contributed by atoms with Crippen molar-refractivity contribution in [3.63, 3.8) is 0 Å². The molecule has 0 atom stereocenters. The molecule has 3 heteroatoms. The topological polar surface area (TPSA) is 46.5 Å². The van der Waals surface area contributed by atoms with Gasteiger partial charge < -0.3 is 9.84 Å². The van der Waals surface area contributed by atoms with Crippen LogP contribution in [0.1, 0.15) is 45.1 Å². The minimum absolute atomic E-state index is 0.0178. The molecule has 0 saturated carbocycles. The first-order chi connectivity index (χ1) is 18.1. The summed E-state index contributed by atoms with van der Waals surface area (Å²) < 4.78 is 6.57. The summed E-state index contributed by atoms with van der Waals surface area (Å²) in [6.07, 6.45) is 0. The summed E-state index contributed by atoms with van der Waals surface area (Å²) in [5.74, 6) is -0.152. The van der Waals surface area contributed by atoms with E-state index in [4.69, 9.17) is 4.74 Å². The normalized spacial score (nSPS) is 13.3. The van der Waals surface area contributed by atoms with Gasteiger partial charge >= 0.3 is 0 Å². The molecule has 0 unspecified atom stereocenters. The zero-order chi connectivity index (χ0) is 25.4. The second-order valence-electron chi connectivity index (χ2n) is 9.19. The molecule has 0 amide bonds. The fourth-order valence-electron chi connectivity index (χ4n) is 5.56. The predicted molar refractivity (Wildman–Crippen MR) is 149 cm³/mol. The van der Waals surface area contributed by atoms with Crippen LogP contribution in [0, 0.1) is 0 Å². The van der Waals surface area contributed by atoms with E-state index in [0.717, 1.165) is 27.5 Å². The average Bonchev–Trinajstić information content (AvgIpc) is 2.96. The lowest BCUT2D eigenvalue weighted by Gasteiger charge is -2.35. The Bertz CT molecular complexity index is 1590. The van der Waals surface area contributed by atoms with Crippen molar-refractivity contribution in [1.82, 2.24) is 0 Å². The molecule has 1 N–H and O–H groups in total. The van der Waals surface area contributed by atoms with Gasteiger partial charge in [0, 0.05) is 23.1 Å². The summed E-state index contributed by atoms with van der Waals surface area (Å²) in [6.45, 7) is 2.51. The van der Waals surface area contributed by atoms with E-state index in [1.807, 2.05) is 104 Å². The van der Waals surface area contributed by atoms with Gasteiger partial charge in [0.15, 0.2) is 5.78 Å². The molecular weight excluding hydrogens is 456 g/mol. The third kappa shape index (κ3) is 3.59. The molecule has 0 fully saturated rings. The second-order valence-corrected chi connectivity index (χ2v) is 9.19. The molecule has 0 aromatic heterocycles. The molecule has 5 aromatic rings. The molecule has 0 radical (unpaired) electrons. The highest BCUT2D eigenvalue weighted by Crippen LogP contribution is 2.42. The second kappa shape index (κ2) is 9.20. The number of aliphatic hydroxyl groups is 1. The van der Waals surface area contributed by atoms with E-state index in [1.165, 1.54) is 0 Å². The Morgan fingerprint density at radius 2 is 1.19 bits per heavy atom. The maximum Gasteiger partial charge on any atom is 0.198 e. The van der Waals surface area contributed by atoms with Crippen molar-refractivity contribution in [3.8, 4) is 0 Å². The fourth-order valence-corrected chi connectivity index (χ4v) is 5.56. The number of ether oxygens (including phenoxy) is 1. The van der Waals surface area contributed by atoms with E-state index in [-0.39, 0.29) is 11.5 Å². The van der Waals surface area contributed by atoms with E-state index in [9.17, 15) is 9.90 Å². The van der Waals surface area contributed by atoms with Crippen LogP contribution in [0.2, 0.25) is 0 Å². The molecule has 0 spiro atoms. The number of hydrogen-bond acceptors (Lipinski definition) is 3. The third-order valence-electron chi connectivity index (χ3n) is 7.17. The van der Waals surface area contributed by atoms with Gasteiger partial charge in [-0.2, -0.15) is 0 Å². The number of hydrogen-bond donors (Lipinski definition) is 1. The first-order valence-corrected chi connectivity index (χ1v) is 12.5. The Kier molecular flexibility index (Phi) is 5.71. The summed E-state index contributed by atoms with van der Waals surface area (Å²) in [4.78, 5) is 13.6. The Labute approximate surface area is 216 Å². The van der Waals surface area contributed by atoms with Crippen molar-refractivity contribution in [2.24, 2.45) is 0 Å². The van der Waals surface area contributed by atoms with Crippen LogP contribution in [0.25, 0.3) is 22.1 Å². The zero-order valence-electron chi connectivity index (χ0n) is 20.5. The Morgan fingerprint density at radius 3 is 1.76 bits per heavy atom. The average molecular weight is 483 g/mol. The highest BCUT2D eigenvalue weighted by molar-refractivity contribution is 6.39. The van der Waals surface area contributed by atoms with E-state index < -0.39 is 5.60 Å². The molecule has 3 nitrogen and oxygen atoms in total. The minimum Gasteiger partial charge on any atom is -0.507 e. The summed E-state index contributed by atoms with van der Waals surface area (Å²) in [6, 6.07) is 39.6. The number of carbonyl (C=O) groups is 1. The monoisotopic (exact) mass is 482 g/mol. The number of rotatable bonds is 6. The van der Waals surface area contributed by atoms with Gasteiger partial charge in [0.1, 0.15) is 11.4 Å². The van der Waals surface area contributed by atoms with Crippen LogP contribution in [0.5, 0.6) is 0 Å². The van der Waals surface area contributed by atoms with Crippen LogP contribution in [-0.4, -0.2) is 17.5 Å². The zero-order valence-corrected chi connectivity index (χ0v) is 20.5. The molecule has 0 bridgehead atoms. The van der Waals surface area contributed by atoms with E-state index in [0.29, 0.717) is 28.9 Å². The van der Waals surface area contributed by atoms with Gasteiger partial charge in [-0.05, 0) is 34.6 Å². The standard InChI is InChI=1S/C34H26O3/c1-2-37-34(25-13-5-3-6-14-25,26-15-7-4-8-16-26)27-21-19-24(20-22-27)31-32(35)28-17-9-11-23-12-10-18-29(30(23)28)33(31)36/h3-22,35H,2H2,1H3. The lowest BCUT2D eigenvalue weighted by Crippen LogP contribution is -2.33. The number of Topliss-reactive ketones (excluding diaryl/α,β-unsaturated/α-hetero) is 1. The van der Waals surface area contributed by atoms with E-state index in [1.54, 1.807) is 0 Å². The summed E-state index contributed by atoms with van der Waals surface area (Å²) in [5, 5.41) is 13.0. The van der Waals surface area contributed by atoms with Crippen molar-refractivity contribution in [2.45, 2.75) is 12.5 Å². The predicted octanol–water partition coefficient (Wildman–Crippen LogP) is 7.79. The Balaban J connectivity index is 1.52. The van der Waals surface area contributed by atoms with Crippen molar-refractivity contribution in [3.05, 3.63) is 155 Å². The third-order valence-corrected chi connectivity index (χ3v) is 7.17. The molecule has 0 aliphatic heterocycles. The van der Waals surface area contributed by atoms with Crippen molar-refractivity contribution >= 4 is 27.9 Å². The van der Waals surface area contributed by atoms with Crippen LogP contribution in [0.15, 0.2) is 121 Å². The highest BCUT2D eigenvalue weighted by Gasteiger charge is 2.37. The van der Waals surface area contributed by atoms with Gasteiger partial charge in [-0.15, -0.1) is 0 Å². The van der Waals surface area contributed by atoms with E-state index in [2.05, 4.69) is 24.3 Å². The minimum atomic E-state index is -0.818. The lowest BCUT2D eigenvalue weighted by molar-refractivity contribution is 0.0216. The molecule has 6 rings (SSSR count). The number of aliphatic hydroxyl groups excluding tert-OH is 1. The summed E-state index contributed by atoms with van der Waals surface area (Å²) >= 11 is 0. The molecular formula is C34H26O3. The fraction of sp³-hybridized carbons (Fsp3) is 0.0882. The van der Waals surface area contributed by atoms with Crippen molar-refractivity contribution < 1.29 is 14.6 Å². The van der Waals surface area contributed by atoms with Gasteiger partial charge in [0.2, 0.25) is 0 Å². The molecule has 5 aromatic carbocycles. The van der Waals surface area contributed by atoms with Crippen LogP contribution >= 0.6 is 0 Å². The number of carbonyl (C=O) groups excluding carboxylic acids is 1. The SMILES string of the molecule is CCOC(c1ccccc1)(c1ccccc1)c1ccc(C2=C(O)c3cccc4cccc(c34)C2=O)cc1. The Hall–Kier alpha value is -4.47. The largest absolute Gasteiger partial charge is 0.507 e. The quantitative estimate of drug-likeness (QED) is 0.251. The van der Waals surface area contributed by atoms with Crippen molar-refractivity contribution in [2.75, 3.05) is 6.61 Å². The molecule has 0 heterocycles. The maximum atomic E-state index is 13.6. The van der Waals surface area contributed by atoms with Crippen LogP contribution in [0.4, 0.5) is 0 Å². The highest BCUT2D eigenvalue weighted by atomic mass is 16.5. The van der Waals surface area contributed by atoms with Crippen LogP contribution in [-0.2, 0) is 10.3 Å². The van der Waals surface area contributed by atoms with Gasteiger partial charge in [-0.1, -0.05) is 121 Å². The first kappa shape index (κ1) is 23.0. The number of ketones is 1. The molecule has 1 aliphatic rings. The molecule has 37 heavy (non-hydrogen) atoms. The van der Waals surface area contributed by atoms with Gasteiger partial charge in [-0.3, -0.25) is 4.79 Å². The number of allylic oxidation sites excluding steroid dienone is 1. The molecule has 0 saturated heterocycles. The van der Waals surface area contributed by atoms with Gasteiger partial charge in [0.05, 0.1) is 5.57 Å².